The minimum atomic E-state index is -0.938. The summed E-state index contributed by atoms with van der Waals surface area (Å²) in [4.78, 5) is 24.1. The fourth-order valence-corrected chi connectivity index (χ4v) is 2.02. The number of aryl methyl sites for hydroxylation is 1. The molecule has 84 valence electrons. The Morgan fingerprint density at radius 2 is 2.25 bits per heavy atom. The molecule has 1 amide bonds. The van der Waals surface area contributed by atoms with Crippen molar-refractivity contribution in [2.75, 3.05) is 4.90 Å². The van der Waals surface area contributed by atoms with Crippen LogP contribution in [0, 0.1) is 6.92 Å². The van der Waals surface area contributed by atoms with Crippen molar-refractivity contribution in [3.63, 3.8) is 0 Å². The third kappa shape index (κ3) is 1.78. The summed E-state index contributed by atoms with van der Waals surface area (Å²) < 4.78 is 0. The number of benzene rings is 1. The summed E-state index contributed by atoms with van der Waals surface area (Å²) in [5, 5.41) is 9.04. The number of anilines is 1. The first-order valence-corrected chi connectivity index (χ1v) is 5.21. The number of carbonyl (C=O) groups excluding carboxylic acids is 1. The predicted molar refractivity (Wildman–Crippen MR) is 59.3 cm³/mol. The molecule has 0 radical (unpaired) electrons. The van der Waals surface area contributed by atoms with E-state index in [1.165, 1.54) is 4.90 Å². The molecular formula is C12H13NO3. The second kappa shape index (κ2) is 3.96. The Hall–Kier alpha value is -1.84. The zero-order chi connectivity index (χ0) is 11.7. The molecule has 1 fully saturated rings. The largest absolute Gasteiger partial charge is 0.480 e. The van der Waals surface area contributed by atoms with Gasteiger partial charge in [-0.25, -0.2) is 4.79 Å². The highest BCUT2D eigenvalue weighted by Gasteiger charge is 2.36. The van der Waals surface area contributed by atoms with Crippen LogP contribution in [-0.4, -0.2) is 23.0 Å². The van der Waals surface area contributed by atoms with Crippen molar-refractivity contribution in [2.24, 2.45) is 0 Å². The normalized spacial score (nSPS) is 20.2. The number of carboxylic acids is 1. The van der Waals surface area contributed by atoms with Gasteiger partial charge in [0.25, 0.3) is 0 Å². The maximum atomic E-state index is 11.7. The molecule has 0 saturated carbocycles. The first-order chi connectivity index (χ1) is 7.59. The van der Waals surface area contributed by atoms with Crippen LogP contribution in [0.15, 0.2) is 24.3 Å². The van der Waals surface area contributed by atoms with E-state index in [2.05, 4.69) is 0 Å². The summed E-state index contributed by atoms with van der Waals surface area (Å²) >= 11 is 0. The van der Waals surface area contributed by atoms with Gasteiger partial charge in [-0.05, 0) is 31.0 Å². The summed E-state index contributed by atoms with van der Waals surface area (Å²) in [6.45, 7) is 1.92. The number of carbonyl (C=O) groups is 2. The lowest BCUT2D eigenvalue weighted by Gasteiger charge is -2.21. The molecule has 0 spiro atoms. The van der Waals surface area contributed by atoms with E-state index >= 15 is 0 Å². The Balaban J connectivity index is 2.37. The molecule has 1 N–H and O–H groups in total. The van der Waals surface area contributed by atoms with Crippen molar-refractivity contribution in [3.8, 4) is 0 Å². The van der Waals surface area contributed by atoms with Crippen molar-refractivity contribution in [2.45, 2.75) is 25.8 Å². The molecule has 0 bridgehead atoms. The van der Waals surface area contributed by atoms with Crippen molar-refractivity contribution in [1.29, 1.82) is 0 Å². The van der Waals surface area contributed by atoms with E-state index < -0.39 is 12.0 Å². The molecule has 2 rings (SSSR count). The van der Waals surface area contributed by atoms with E-state index in [0.29, 0.717) is 18.5 Å². The molecule has 1 saturated heterocycles. The zero-order valence-electron chi connectivity index (χ0n) is 9.01. The Bertz CT molecular complexity index is 442. The predicted octanol–water partition coefficient (Wildman–Crippen LogP) is 1.58. The summed E-state index contributed by atoms with van der Waals surface area (Å²) in [5.74, 6) is -1.05. The fourth-order valence-electron chi connectivity index (χ4n) is 2.02. The van der Waals surface area contributed by atoms with Crippen molar-refractivity contribution in [1.82, 2.24) is 0 Å². The summed E-state index contributed by atoms with van der Waals surface area (Å²) in [7, 11) is 0. The van der Waals surface area contributed by atoms with Gasteiger partial charge in [0.1, 0.15) is 6.04 Å². The average molecular weight is 219 g/mol. The molecule has 0 aromatic heterocycles. The summed E-state index contributed by atoms with van der Waals surface area (Å²) in [5.41, 5.74) is 1.69. The van der Waals surface area contributed by atoms with Gasteiger partial charge >= 0.3 is 5.97 Å². The van der Waals surface area contributed by atoms with Crippen LogP contribution in [-0.2, 0) is 9.59 Å². The highest BCUT2D eigenvalue weighted by molar-refractivity contribution is 6.02. The second-order valence-electron chi connectivity index (χ2n) is 4.00. The SMILES string of the molecule is Cc1cccc(N2C(=O)CC[C@@H]2C(=O)O)c1. The number of hydrogen-bond donors (Lipinski definition) is 1. The average Bonchev–Trinajstić information content (AvgIpc) is 2.60. The van der Waals surface area contributed by atoms with Crippen molar-refractivity contribution < 1.29 is 14.7 Å². The van der Waals surface area contributed by atoms with Crippen LogP contribution in [0.1, 0.15) is 18.4 Å². The summed E-state index contributed by atoms with van der Waals surface area (Å²) in [6.07, 6.45) is 0.701. The van der Waals surface area contributed by atoms with Crippen molar-refractivity contribution in [3.05, 3.63) is 29.8 Å². The van der Waals surface area contributed by atoms with Gasteiger partial charge in [0.2, 0.25) is 5.91 Å². The van der Waals surface area contributed by atoms with Crippen LogP contribution >= 0.6 is 0 Å². The van der Waals surface area contributed by atoms with Crippen LogP contribution in [0.3, 0.4) is 0 Å². The fraction of sp³-hybridized carbons (Fsp3) is 0.333. The van der Waals surface area contributed by atoms with Gasteiger partial charge in [-0.3, -0.25) is 9.69 Å². The van der Waals surface area contributed by atoms with Crippen molar-refractivity contribution >= 4 is 17.6 Å². The first kappa shape index (κ1) is 10.7. The maximum absolute atomic E-state index is 11.7. The third-order valence-corrected chi connectivity index (χ3v) is 2.78. The Labute approximate surface area is 93.5 Å². The molecule has 1 aromatic rings. The molecule has 1 aliphatic heterocycles. The van der Waals surface area contributed by atoms with Crippen LogP contribution in [0.4, 0.5) is 5.69 Å². The Kier molecular flexibility index (Phi) is 2.64. The topological polar surface area (TPSA) is 57.6 Å². The van der Waals surface area contributed by atoms with Gasteiger partial charge in [0.05, 0.1) is 0 Å². The number of carboxylic acid groups (broad SMARTS) is 1. The molecule has 4 nitrogen and oxygen atoms in total. The first-order valence-electron chi connectivity index (χ1n) is 5.21. The number of hydrogen-bond acceptors (Lipinski definition) is 2. The smallest absolute Gasteiger partial charge is 0.326 e. The van der Waals surface area contributed by atoms with Crippen LogP contribution in [0.2, 0.25) is 0 Å². The molecular weight excluding hydrogens is 206 g/mol. The van der Waals surface area contributed by atoms with E-state index in [1.54, 1.807) is 6.07 Å². The Morgan fingerprint density at radius 3 is 2.88 bits per heavy atom. The molecule has 1 aliphatic rings. The van der Waals surface area contributed by atoms with Crippen LogP contribution in [0.5, 0.6) is 0 Å². The summed E-state index contributed by atoms with van der Waals surface area (Å²) in [6, 6.07) is 6.63. The third-order valence-electron chi connectivity index (χ3n) is 2.78. The van der Waals surface area contributed by atoms with E-state index in [9.17, 15) is 9.59 Å². The van der Waals surface area contributed by atoms with Crippen LogP contribution in [0.25, 0.3) is 0 Å². The molecule has 16 heavy (non-hydrogen) atoms. The van der Waals surface area contributed by atoms with Gasteiger partial charge in [-0.15, -0.1) is 0 Å². The maximum Gasteiger partial charge on any atom is 0.326 e. The van der Waals surface area contributed by atoms with Gasteiger partial charge in [0.15, 0.2) is 0 Å². The van der Waals surface area contributed by atoms with Gasteiger partial charge in [0, 0.05) is 12.1 Å². The molecule has 4 heteroatoms. The standard InChI is InChI=1S/C12H13NO3/c1-8-3-2-4-9(7-8)13-10(12(15)16)5-6-11(13)14/h2-4,7,10H,5-6H2,1H3,(H,15,16)/t10-/m1/s1. The van der Waals surface area contributed by atoms with Gasteiger partial charge in [-0.2, -0.15) is 0 Å². The number of amides is 1. The van der Waals surface area contributed by atoms with Crippen LogP contribution < -0.4 is 4.90 Å². The molecule has 1 heterocycles. The minimum absolute atomic E-state index is 0.113. The monoisotopic (exact) mass is 219 g/mol. The lowest BCUT2D eigenvalue weighted by atomic mass is 10.2. The molecule has 0 aliphatic carbocycles. The minimum Gasteiger partial charge on any atom is -0.480 e. The van der Waals surface area contributed by atoms with E-state index in [4.69, 9.17) is 5.11 Å². The lowest BCUT2D eigenvalue weighted by molar-refractivity contribution is -0.138. The van der Waals surface area contributed by atoms with Gasteiger partial charge in [-0.1, -0.05) is 12.1 Å². The quantitative estimate of drug-likeness (QED) is 0.821. The molecule has 1 aromatic carbocycles. The van der Waals surface area contributed by atoms with E-state index in [0.717, 1.165) is 5.56 Å². The zero-order valence-corrected chi connectivity index (χ0v) is 9.01. The number of aliphatic carboxylic acids is 1. The van der Waals surface area contributed by atoms with E-state index in [1.807, 2.05) is 25.1 Å². The number of nitrogens with zero attached hydrogens (tertiary/aromatic N) is 1. The lowest BCUT2D eigenvalue weighted by Crippen LogP contribution is -2.38. The highest BCUT2D eigenvalue weighted by Crippen LogP contribution is 2.27. The number of rotatable bonds is 2. The highest BCUT2D eigenvalue weighted by atomic mass is 16.4. The molecule has 0 unspecified atom stereocenters. The van der Waals surface area contributed by atoms with Gasteiger partial charge < -0.3 is 5.11 Å². The Morgan fingerprint density at radius 1 is 1.50 bits per heavy atom. The van der Waals surface area contributed by atoms with E-state index in [-0.39, 0.29) is 5.91 Å². The second-order valence-corrected chi connectivity index (χ2v) is 4.00. The molecule has 1 atom stereocenters.